The van der Waals surface area contributed by atoms with Crippen LogP contribution in [0.3, 0.4) is 0 Å². The van der Waals surface area contributed by atoms with E-state index in [1.165, 1.54) is 6.92 Å². The van der Waals surface area contributed by atoms with E-state index in [0.717, 1.165) is 20.8 Å². The van der Waals surface area contributed by atoms with E-state index >= 15 is 0 Å². The Morgan fingerprint density at radius 2 is 0.709 bits per heavy atom. The second-order valence-electron chi connectivity index (χ2n) is 21.8. The van der Waals surface area contributed by atoms with Crippen LogP contribution in [0.5, 0.6) is 0 Å². The Bertz CT molecular complexity index is 2170. The molecule has 35 atom stereocenters. The van der Waals surface area contributed by atoms with Crippen molar-refractivity contribution in [2.75, 3.05) is 39.6 Å². The first-order valence-corrected chi connectivity index (χ1v) is 27.5. The summed E-state index contributed by atoms with van der Waals surface area (Å²) in [4.78, 5) is 37.4. The number of nitrogens with one attached hydrogen (secondary N) is 3. The lowest BCUT2D eigenvalue weighted by atomic mass is 9.93. The topological polar surface area (TPSA) is 592 Å². The first kappa shape index (κ1) is 70.6. The summed E-state index contributed by atoms with van der Waals surface area (Å²) in [6, 6.07) is -5.23. The van der Waals surface area contributed by atoms with E-state index in [1.807, 2.05) is 0 Å². The zero-order chi connectivity index (χ0) is 63.5. The molecule has 0 saturated carbocycles. The van der Waals surface area contributed by atoms with Gasteiger partial charge in [0.25, 0.3) is 0 Å². The smallest absolute Gasteiger partial charge is 0.217 e. The van der Waals surface area contributed by atoms with Gasteiger partial charge in [0.15, 0.2) is 44.0 Å². The first-order chi connectivity index (χ1) is 40.6. The van der Waals surface area contributed by atoms with Gasteiger partial charge in [-0.25, -0.2) is 0 Å². The number of aliphatic hydroxyl groups is 19. The van der Waals surface area contributed by atoms with Gasteiger partial charge >= 0.3 is 0 Å². The molecular weight excluding hydrogens is 1180 g/mol. The summed E-state index contributed by atoms with van der Waals surface area (Å²) in [6.07, 6.45) is -61.5. The normalized spacial score (nSPS) is 49.4. The molecule has 0 radical (unpaired) electrons. The molecule has 0 spiro atoms. The lowest BCUT2D eigenvalue weighted by Gasteiger charge is -2.51. The largest absolute Gasteiger partial charge is 0.394 e. The fraction of sp³-hybridized carbons (Fsp3) is 0.938. The maximum Gasteiger partial charge on any atom is 0.217 e. The predicted octanol–water partition coefficient (Wildman–Crippen LogP) is -14.8. The molecule has 38 heteroatoms. The third-order valence-corrected chi connectivity index (χ3v) is 15.7. The van der Waals surface area contributed by atoms with Gasteiger partial charge in [-0.15, -0.1) is 0 Å². The average molecular weight is 1260 g/mol. The summed E-state index contributed by atoms with van der Waals surface area (Å²) in [6.45, 7) is -1.41. The van der Waals surface area contributed by atoms with Crippen LogP contribution in [-0.4, -0.2) is 369 Å². The first-order valence-electron chi connectivity index (χ1n) is 27.5. The van der Waals surface area contributed by atoms with E-state index in [-0.39, 0.29) is 0 Å². The van der Waals surface area contributed by atoms with Crippen molar-refractivity contribution in [3.8, 4) is 0 Å². The average Bonchev–Trinajstić information content (AvgIpc) is 1.18. The van der Waals surface area contributed by atoms with Crippen molar-refractivity contribution in [1.29, 1.82) is 0 Å². The van der Waals surface area contributed by atoms with E-state index < -0.39 is 272 Å². The fourth-order valence-electron chi connectivity index (χ4n) is 10.9. The molecular formula is C48H81N3O35. The van der Waals surface area contributed by atoms with Gasteiger partial charge in [-0.1, -0.05) is 0 Å². The summed E-state index contributed by atoms with van der Waals surface area (Å²) in [5.74, 6) is -2.49. The van der Waals surface area contributed by atoms with Crippen LogP contribution < -0.4 is 16.0 Å². The van der Waals surface area contributed by atoms with Gasteiger partial charge in [-0.3, -0.25) is 14.4 Å². The van der Waals surface area contributed by atoms with Gasteiger partial charge in [0.1, 0.15) is 165 Å². The van der Waals surface area contributed by atoms with E-state index in [9.17, 15) is 111 Å². The minimum absolute atomic E-state index is 0.770. The number of aliphatic hydroxyl groups excluding tert-OH is 19. The van der Waals surface area contributed by atoms with E-state index in [4.69, 9.17) is 61.6 Å². The molecule has 86 heavy (non-hydrogen) atoms. The van der Waals surface area contributed by atoms with Crippen molar-refractivity contribution in [3.05, 3.63) is 0 Å². The summed E-state index contributed by atoms with van der Waals surface area (Å²) in [5, 5.41) is 214. The molecule has 7 aliphatic heterocycles. The molecule has 0 aromatic rings. The number of carbonyl (C=O) groups is 3. The number of hydrogen-bond acceptors (Lipinski definition) is 35. The quantitative estimate of drug-likeness (QED) is 0.0507. The van der Waals surface area contributed by atoms with Gasteiger partial charge in [0, 0.05) is 20.8 Å². The summed E-state index contributed by atoms with van der Waals surface area (Å²) >= 11 is 0. The number of carbonyl (C=O) groups excluding carboxylic acids is 3. The second-order valence-corrected chi connectivity index (χ2v) is 21.8. The molecule has 22 N–H and O–H groups in total. The van der Waals surface area contributed by atoms with Crippen LogP contribution in [0.2, 0.25) is 0 Å². The molecule has 498 valence electrons. The molecule has 38 nitrogen and oxygen atoms in total. The summed E-state index contributed by atoms with van der Waals surface area (Å²) in [5.41, 5.74) is 0. The Labute approximate surface area is 488 Å². The van der Waals surface area contributed by atoms with Crippen molar-refractivity contribution >= 4 is 17.7 Å². The maximum atomic E-state index is 12.9. The Morgan fingerprint density at radius 3 is 1.26 bits per heavy atom. The second kappa shape index (κ2) is 30.5. The standard InChI is InChI=1S/C48H81N3O35/c1-11-24(59)32(67)35(70)45(76-11)75-10-20-39(30(65)21(42(73)77-20)49-12(2)56)83-44-23(51-14(4)58)31(66)38(18(8-55)81-44)84-47-37(72)40(28(63)19(82-47)9-74-46-36(71)33(68)26(61)16(6-53)79-46)85-48-41(34(69)27(62)17(7-54)80-48)86-43-22(50-13(3)57)29(64)25(60)15(5-52)78-43/h11,15-48,52-55,59-73H,5-10H2,1-4H3,(H,49,56)(H,50,57)(H,51,58)/t11-,15+,16+,17+,18+,19+,20+,21+,22+,23+,24+,25+,26+,27+,28+,29+,30+,31+,32+,33-,34-,35-,36-,37-,38+,39+,40-,41-,42+,43-,44-,45+,46-,47-,48+/m0/s1. The molecule has 7 heterocycles. The highest BCUT2D eigenvalue weighted by Crippen LogP contribution is 2.37. The van der Waals surface area contributed by atoms with Crippen molar-refractivity contribution < 1.29 is 173 Å². The third-order valence-electron chi connectivity index (χ3n) is 15.7. The zero-order valence-electron chi connectivity index (χ0n) is 46.5. The van der Waals surface area contributed by atoms with Crippen molar-refractivity contribution in [3.63, 3.8) is 0 Å². The van der Waals surface area contributed by atoms with Gasteiger partial charge < -0.3 is 175 Å². The molecule has 0 aliphatic carbocycles. The zero-order valence-corrected chi connectivity index (χ0v) is 46.5. The molecule has 7 rings (SSSR count). The van der Waals surface area contributed by atoms with E-state index in [2.05, 4.69) is 16.0 Å². The predicted molar refractivity (Wildman–Crippen MR) is 265 cm³/mol. The minimum Gasteiger partial charge on any atom is -0.394 e. The Morgan fingerprint density at radius 1 is 0.326 bits per heavy atom. The van der Waals surface area contributed by atoms with Crippen LogP contribution in [0.15, 0.2) is 0 Å². The van der Waals surface area contributed by atoms with Crippen molar-refractivity contribution in [1.82, 2.24) is 16.0 Å². The number of amides is 3. The van der Waals surface area contributed by atoms with Crippen LogP contribution in [0, 0.1) is 0 Å². The van der Waals surface area contributed by atoms with E-state index in [0.29, 0.717) is 0 Å². The van der Waals surface area contributed by atoms with Crippen LogP contribution in [-0.2, 0) is 76.0 Å². The number of ether oxygens (including phenoxy) is 13. The molecule has 7 saturated heterocycles. The van der Waals surface area contributed by atoms with Gasteiger partial charge in [-0.2, -0.15) is 0 Å². The summed E-state index contributed by atoms with van der Waals surface area (Å²) in [7, 11) is 0. The van der Waals surface area contributed by atoms with Crippen LogP contribution in [0.25, 0.3) is 0 Å². The van der Waals surface area contributed by atoms with Gasteiger partial charge in [-0.05, 0) is 6.92 Å². The van der Waals surface area contributed by atoms with Crippen LogP contribution in [0.1, 0.15) is 27.7 Å². The Kier molecular flexibility index (Phi) is 25.0. The molecule has 7 fully saturated rings. The van der Waals surface area contributed by atoms with Gasteiger partial charge in [0.05, 0.1) is 45.7 Å². The SMILES string of the molecule is CC(=O)N[C@@H]1[C@@H](O)[C@H](O[C@@H]2O[C@H](CO)[C@@H](O[C@@H]3O[C@H](CO[C@H]4O[C@H](CO)[C@@H](O)[C@H](O)[C@@H]4O)[C@@H](O)[C@H](O[C@H]4O[C@H](CO)[C@@H](O)[C@H](O)[C@@H]4O[C@@H]4O[C@H](CO)[C@@H](O)[C@H](O)[C@H]4NC(C)=O)[C@@H]3O)[C@H](O)[C@H]2NC(C)=O)[C@@H](CO[C@@H]2O[C@@H](C)[C@@H](O)[C@@H](O)[C@@H]2O)O[C@H]1O. The fourth-order valence-corrected chi connectivity index (χ4v) is 10.9. The highest BCUT2D eigenvalue weighted by Gasteiger charge is 2.58. The highest BCUT2D eigenvalue weighted by atomic mass is 16.8. The molecule has 0 bridgehead atoms. The molecule has 3 amide bonds. The number of rotatable bonds is 21. The maximum absolute atomic E-state index is 12.9. The highest BCUT2D eigenvalue weighted by molar-refractivity contribution is 5.74. The van der Waals surface area contributed by atoms with Crippen molar-refractivity contribution in [2.24, 2.45) is 0 Å². The molecule has 0 aromatic carbocycles. The number of hydrogen-bond donors (Lipinski definition) is 22. The Hall–Kier alpha value is -2.87. The minimum atomic E-state index is -2.39. The van der Waals surface area contributed by atoms with Crippen LogP contribution in [0.4, 0.5) is 0 Å². The molecule has 0 unspecified atom stereocenters. The lowest BCUT2D eigenvalue weighted by Crippen LogP contribution is -2.70. The Balaban J connectivity index is 1.19. The molecule has 7 aliphatic rings. The third kappa shape index (κ3) is 15.5. The van der Waals surface area contributed by atoms with Gasteiger partial charge in [0.2, 0.25) is 17.7 Å². The van der Waals surface area contributed by atoms with E-state index in [1.54, 1.807) is 0 Å². The van der Waals surface area contributed by atoms with Crippen LogP contribution >= 0.6 is 0 Å². The lowest BCUT2D eigenvalue weighted by molar-refractivity contribution is -0.394. The summed E-state index contributed by atoms with van der Waals surface area (Å²) < 4.78 is 75.7. The monoisotopic (exact) mass is 1260 g/mol. The molecule has 0 aromatic heterocycles. The van der Waals surface area contributed by atoms with Crippen molar-refractivity contribution in [2.45, 2.75) is 242 Å².